The fourth-order valence-corrected chi connectivity index (χ4v) is 3.20. The fourth-order valence-electron chi connectivity index (χ4n) is 3.20. The van der Waals surface area contributed by atoms with Crippen LogP contribution in [0.5, 0.6) is 0 Å². The lowest BCUT2D eigenvalue weighted by Crippen LogP contribution is -2.48. The molecule has 0 aromatic carbocycles. The topological polar surface area (TPSA) is 39.7 Å². The van der Waals surface area contributed by atoms with E-state index < -0.39 is 12.7 Å². The third-order valence-corrected chi connectivity index (χ3v) is 3.98. The van der Waals surface area contributed by atoms with E-state index in [-0.39, 0.29) is 0 Å². The summed E-state index contributed by atoms with van der Waals surface area (Å²) >= 11 is 0. The molecule has 0 amide bonds. The lowest BCUT2D eigenvalue weighted by Gasteiger charge is -2.33. The van der Waals surface area contributed by atoms with Crippen molar-refractivity contribution < 1.29 is 13.2 Å². The van der Waals surface area contributed by atoms with E-state index in [1.54, 1.807) is 7.05 Å². The summed E-state index contributed by atoms with van der Waals surface area (Å²) < 4.78 is 36.7. The molecule has 1 fully saturated rings. The standard InChI is InChI=1S/C15H29F3N4/c1-11-7-12(2)9-13(8-11)21-14(19-3)20-5-6-22(4)10-15(16,17)18/h11-13H,5-10H2,1-4H3,(H2,19,20,21). The molecule has 0 aromatic rings. The van der Waals surface area contributed by atoms with E-state index in [1.807, 2.05) is 0 Å². The molecular formula is C15H29F3N4. The normalized spacial score (nSPS) is 27.1. The highest BCUT2D eigenvalue weighted by molar-refractivity contribution is 5.79. The zero-order valence-corrected chi connectivity index (χ0v) is 14.0. The van der Waals surface area contributed by atoms with Crippen LogP contribution in [-0.2, 0) is 0 Å². The first-order valence-corrected chi connectivity index (χ1v) is 7.92. The molecule has 22 heavy (non-hydrogen) atoms. The van der Waals surface area contributed by atoms with Crippen molar-refractivity contribution in [2.45, 2.75) is 45.3 Å². The van der Waals surface area contributed by atoms with E-state index in [0.717, 1.165) is 12.8 Å². The van der Waals surface area contributed by atoms with Crippen molar-refractivity contribution in [1.29, 1.82) is 0 Å². The number of nitrogens with zero attached hydrogens (tertiary/aromatic N) is 2. The van der Waals surface area contributed by atoms with E-state index in [4.69, 9.17) is 0 Å². The number of hydrogen-bond acceptors (Lipinski definition) is 2. The molecule has 1 rings (SSSR count). The van der Waals surface area contributed by atoms with Crippen LogP contribution in [0.1, 0.15) is 33.1 Å². The molecule has 0 spiro atoms. The smallest absolute Gasteiger partial charge is 0.355 e. The summed E-state index contributed by atoms with van der Waals surface area (Å²) in [5, 5.41) is 6.48. The van der Waals surface area contributed by atoms with Crippen LogP contribution in [0, 0.1) is 11.8 Å². The van der Waals surface area contributed by atoms with Crippen LogP contribution < -0.4 is 10.6 Å². The number of hydrogen-bond donors (Lipinski definition) is 2. The minimum Gasteiger partial charge on any atom is -0.355 e. The molecule has 0 bridgehead atoms. The van der Waals surface area contributed by atoms with Gasteiger partial charge in [0.15, 0.2) is 5.96 Å². The first kappa shape index (κ1) is 19.1. The molecule has 0 aromatic heterocycles. The number of guanidine groups is 1. The average Bonchev–Trinajstić information content (AvgIpc) is 2.34. The van der Waals surface area contributed by atoms with Gasteiger partial charge in [-0.2, -0.15) is 13.2 Å². The number of rotatable bonds is 5. The maximum Gasteiger partial charge on any atom is 0.401 e. The first-order valence-electron chi connectivity index (χ1n) is 7.92. The van der Waals surface area contributed by atoms with Crippen LogP contribution in [0.25, 0.3) is 0 Å². The van der Waals surface area contributed by atoms with Crippen LogP contribution in [0.15, 0.2) is 4.99 Å². The van der Waals surface area contributed by atoms with Gasteiger partial charge in [-0.05, 0) is 38.1 Å². The molecule has 7 heteroatoms. The Morgan fingerprint density at radius 2 is 1.77 bits per heavy atom. The largest absolute Gasteiger partial charge is 0.401 e. The molecule has 4 nitrogen and oxygen atoms in total. The average molecular weight is 322 g/mol. The quantitative estimate of drug-likeness (QED) is 0.603. The summed E-state index contributed by atoms with van der Waals surface area (Å²) in [4.78, 5) is 5.41. The van der Waals surface area contributed by atoms with E-state index in [9.17, 15) is 13.2 Å². The molecule has 0 radical (unpaired) electrons. The molecule has 0 heterocycles. The summed E-state index contributed by atoms with van der Waals surface area (Å²) in [5.41, 5.74) is 0. The Kier molecular flexibility index (Phi) is 7.45. The predicted octanol–water partition coefficient (Wildman–Crippen LogP) is 2.47. The molecule has 1 aliphatic carbocycles. The van der Waals surface area contributed by atoms with Crippen molar-refractivity contribution in [3.63, 3.8) is 0 Å². The van der Waals surface area contributed by atoms with Gasteiger partial charge in [0.1, 0.15) is 0 Å². The minimum absolute atomic E-state index is 0.317. The lowest BCUT2D eigenvalue weighted by atomic mass is 9.80. The molecule has 0 aliphatic heterocycles. The highest BCUT2D eigenvalue weighted by Gasteiger charge is 2.29. The number of halogens is 3. The third kappa shape index (κ3) is 7.87. The number of aliphatic imine (C=N–C) groups is 1. The van der Waals surface area contributed by atoms with Crippen LogP contribution in [0.3, 0.4) is 0 Å². The summed E-state index contributed by atoms with van der Waals surface area (Å²) in [6, 6.07) is 0.387. The van der Waals surface area contributed by atoms with Gasteiger partial charge in [0, 0.05) is 26.2 Å². The Balaban J connectivity index is 2.31. The summed E-state index contributed by atoms with van der Waals surface area (Å²) in [6.07, 6.45) is -0.673. The highest BCUT2D eigenvalue weighted by atomic mass is 19.4. The Morgan fingerprint density at radius 1 is 1.18 bits per heavy atom. The molecule has 1 aliphatic rings. The van der Waals surface area contributed by atoms with Crippen molar-refractivity contribution in [2.24, 2.45) is 16.8 Å². The lowest BCUT2D eigenvalue weighted by molar-refractivity contribution is -0.142. The van der Waals surface area contributed by atoms with Gasteiger partial charge >= 0.3 is 6.18 Å². The molecule has 0 saturated heterocycles. The van der Waals surface area contributed by atoms with E-state index in [0.29, 0.717) is 36.9 Å². The van der Waals surface area contributed by atoms with Crippen LogP contribution in [0.4, 0.5) is 13.2 Å². The van der Waals surface area contributed by atoms with E-state index in [1.165, 1.54) is 18.4 Å². The van der Waals surface area contributed by atoms with Crippen molar-refractivity contribution in [3.05, 3.63) is 0 Å². The van der Waals surface area contributed by atoms with Crippen molar-refractivity contribution >= 4 is 5.96 Å². The second-order valence-corrected chi connectivity index (χ2v) is 6.61. The zero-order chi connectivity index (χ0) is 16.8. The molecular weight excluding hydrogens is 293 g/mol. The number of alkyl halides is 3. The first-order chi connectivity index (χ1) is 10.2. The molecule has 1 saturated carbocycles. The third-order valence-electron chi connectivity index (χ3n) is 3.98. The van der Waals surface area contributed by atoms with Crippen molar-refractivity contribution in [3.8, 4) is 0 Å². The number of nitrogens with one attached hydrogen (secondary N) is 2. The molecule has 130 valence electrons. The summed E-state index contributed by atoms with van der Waals surface area (Å²) in [5.74, 6) is 2.06. The Morgan fingerprint density at radius 3 is 2.27 bits per heavy atom. The van der Waals surface area contributed by atoms with Gasteiger partial charge in [-0.1, -0.05) is 13.8 Å². The van der Waals surface area contributed by atoms with E-state index in [2.05, 4.69) is 29.5 Å². The molecule has 2 N–H and O–H groups in total. The Labute approximate surface area is 131 Å². The van der Waals surface area contributed by atoms with Crippen molar-refractivity contribution in [2.75, 3.05) is 33.7 Å². The van der Waals surface area contributed by atoms with Gasteiger partial charge in [-0.3, -0.25) is 9.89 Å². The van der Waals surface area contributed by atoms with Crippen molar-refractivity contribution in [1.82, 2.24) is 15.5 Å². The van der Waals surface area contributed by atoms with Crippen LogP contribution in [0.2, 0.25) is 0 Å². The number of likely N-dealkylation sites (N-methyl/N-ethyl adjacent to an activating group) is 1. The second-order valence-electron chi connectivity index (χ2n) is 6.61. The van der Waals surface area contributed by atoms with Gasteiger partial charge in [0.2, 0.25) is 0 Å². The Bertz CT molecular complexity index is 347. The van der Waals surface area contributed by atoms with Gasteiger partial charge in [-0.15, -0.1) is 0 Å². The fraction of sp³-hybridized carbons (Fsp3) is 0.933. The molecule has 2 atom stereocenters. The maximum absolute atomic E-state index is 12.2. The summed E-state index contributed by atoms with van der Waals surface area (Å²) in [6.45, 7) is 4.37. The maximum atomic E-state index is 12.2. The SMILES string of the molecule is CN=C(NCCN(C)CC(F)(F)F)NC1CC(C)CC(C)C1. The monoisotopic (exact) mass is 322 g/mol. The second kappa shape index (κ2) is 8.60. The van der Waals surface area contributed by atoms with Crippen LogP contribution >= 0.6 is 0 Å². The minimum atomic E-state index is -4.15. The molecule has 2 unspecified atom stereocenters. The zero-order valence-electron chi connectivity index (χ0n) is 14.0. The van der Waals surface area contributed by atoms with Gasteiger partial charge < -0.3 is 10.6 Å². The Hall–Kier alpha value is -0.980. The predicted molar refractivity (Wildman–Crippen MR) is 84.0 cm³/mol. The van der Waals surface area contributed by atoms with Gasteiger partial charge in [0.25, 0.3) is 0 Å². The van der Waals surface area contributed by atoms with Gasteiger partial charge in [-0.25, -0.2) is 0 Å². The summed E-state index contributed by atoms with van der Waals surface area (Å²) in [7, 11) is 3.15. The van der Waals surface area contributed by atoms with Crippen LogP contribution in [-0.4, -0.2) is 56.8 Å². The van der Waals surface area contributed by atoms with Gasteiger partial charge in [0.05, 0.1) is 6.54 Å². The van der Waals surface area contributed by atoms with E-state index >= 15 is 0 Å². The highest BCUT2D eigenvalue weighted by Crippen LogP contribution is 2.28.